The molecule has 1 saturated carbocycles. The molecule has 0 unspecified atom stereocenters. The Kier molecular flexibility index (Phi) is 4.54. The predicted molar refractivity (Wildman–Crippen MR) is 72.0 cm³/mol. The quantitative estimate of drug-likeness (QED) is 0.224. The molecule has 0 spiro atoms. The van der Waals surface area contributed by atoms with Gasteiger partial charge in [-0.1, -0.05) is 23.2 Å². The van der Waals surface area contributed by atoms with E-state index >= 15 is 0 Å². The van der Waals surface area contributed by atoms with Gasteiger partial charge >= 0.3 is 0 Å². The fraction of sp³-hybridized carbons (Fsp3) is 0.667. The van der Waals surface area contributed by atoms with E-state index in [0.29, 0.717) is 25.9 Å². The zero-order valence-corrected chi connectivity index (χ0v) is 11.3. The third-order valence-corrected chi connectivity index (χ3v) is 3.81. The molecule has 0 bridgehead atoms. The first kappa shape index (κ1) is 14.3. The van der Waals surface area contributed by atoms with Crippen molar-refractivity contribution in [1.29, 1.82) is 0 Å². The lowest BCUT2D eigenvalue weighted by Gasteiger charge is -2.25. The molecule has 1 aromatic rings. The lowest BCUT2D eigenvalue weighted by Crippen LogP contribution is -2.48. The van der Waals surface area contributed by atoms with Crippen LogP contribution in [-0.4, -0.2) is 38.5 Å². The minimum Gasteiger partial charge on any atom is -0.409 e. The summed E-state index contributed by atoms with van der Waals surface area (Å²) in [4.78, 5) is 12.3. The predicted octanol–water partition coefficient (Wildman–Crippen LogP) is 0.0912. The number of carbonyl (C=O) groups excluding carboxylic acids is 1. The highest BCUT2D eigenvalue weighted by Crippen LogP contribution is 2.38. The molecule has 1 aliphatic carbocycles. The average Bonchev–Trinajstić information content (AvgIpc) is 3.14. The Morgan fingerprint density at radius 1 is 1.50 bits per heavy atom. The maximum absolute atomic E-state index is 12.3. The number of aromatic nitrogens is 3. The van der Waals surface area contributed by atoms with Gasteiger partial charge in [-0.15, -0.1) is 5.10 Å². The Hall–Kier alpha value is -2.12. The number of nitrogens with one attached hydrogen (secondary N) is 1. The van der Waals surface area contributed by atoms with Crippen molar-refractivity contribution in [2.45, 2.75) is 38.6 Å². The summed E-state index contributed by atoms with van der Waals surface area (Å²) in [7, 11) is 0. The van der Waals surface area contributed by atoms with Crippen LogP contribution in [0.1, 0.15) is 32.1 Å². The molecular weight excluding hydrogens is 260 g/mol. The van der Waals surface area contributed by atoms with Crippen LogP contribution in [0.15, 0.2) is 17.5 Å². The van der Waals surface area contributed by atoms with E-state index in [1.54, 1.807) is 17.1 Å². The first-order chi connectivity index (χ1) is 9.69. The molecular formula is C12H20N6O2. The third kappa shape index (κ3) is 2.89. The van der Waals surface area contributed by atoms with Crippen LogP contribution in [0.2, 0.25) is 0 Å². The highest BCUT2D eigenvalue weighted by molar-refractivity contribution is 6.07. The molecule has 1 amide bonds. The summed E-state index contributed by atoms with van der Waals surface area (Å²) in [5.74, 6) is -0.132. The van der Waals surface area contributed by atoms with Gasteiger partial charge in [-0.2, -0.15) is 0 Å². The lowest BCUT2D eigenvalue weighted by molar-refractivity contribution is -0.127. The highest BCUT2D eigenvalue weighted by Gasteiger charge is 2.45. The Balaban J connectivity index is 1.83. The first-order valence-electron chi connectivity index (χ1n) is 6.79. The van der Waals surface area contributed by atoms with Gasteiger partial charge in [-0.25, -0.2) is 0 Å². The molecule has 0 aliphatic heterocycles. The second-order valence-electron chi connectivity index (χ2n) is 5.05. The van der Waals surface area contributed by atoms with Gasteiger partial charge in [-0.05, 0) is 19.3 Å². The van der Waals surface area contributed by atoms with Gasteiger partial charge < -0.3 is 16.3 Å². The Labute approximate surface area is 117 Å². The summed E-state index contributed by atoms with van der Waals surface area (Å²) < 4.78 is 1.71. The molecule has 20 heavy (non-hydrogen) atoms. The maximum Gasteiger partial charge on any atom is 0.233 e. The molecule has 110 valence electrons. The minimum absolute atomic E-state index is 0.0174. The van der Waals surface area contributed by atoms with Crippen molar-refractivity contribution >= 4 is 11.7 Å². The summed E-state index contributed by atoms with van der Waals surface area (Å²) in [6.07, 6.45) is 7.25. The lowest BCUT2D eigenvalue weighted by atomic mass is 9.84. The van der Waals surface area contributed by atoms with E-state index in [1.807, 2.05) is 0 Å². The molecule has 0 aromatic carbocycles. The highest BCUT2D eigenvalue weighted by atomic mass is 16.4. The van der Waals surface area contributed by atoms with Gasteiger partial charge in [-0.3, -0.25) is 9.48 Å². The molecule has 0 atom stereocenters. The van der Waals surface area contributed by atoms with Gasteiger partial charge in [0, 0.05) is 19.3 Å². The number of oxime groups is 1. The molecule has 8 heteroatoms. The Bertz CT molecular complexity index is 464. The van der Waals surface area contributed by atoms with E-state index in [0.717, 1.165) is 19.3 Å². The fourth-order valence-electron chi connectivity index (χ4n) is 2.64. The van der Waals surface area contributed by atoms with Crippen molar-refractivity contribution in [3.63, 3.8) is 0 Å². The van der Waals surface area contributed by atoms with E-state index < -0.39 is 5.41 Å². The number of amidine groups is 1. The van der Waals surface area contributed by atoms with Crippen LogP contribution in [0, 0.1) is 5.41 Å². The van der Waals surface area contributed by atoms with Crippen molar-refractivity contribution in [2.75, 3.05) is 6.54 Å². The minimum atomic E-state index is -0.831. The van der Waals surface area contributed by atoms with Crippen LogP contribution in [0.3, 0.4) is 0 Å². The summed E-state index contributed by atoms with van der Waals surface area (Å²) in [5.41, 5.74) is 4.88. The molecule has 1 fully saturated rings. The van der Waals surface area contributed by atoms with E-state index in [-0.39, 0.29) is 11.7 Å². The summed E-state index contributed by atoms with van der Waals surface area (Å²) in [6, 6.07) is 0. The van der Waals surface area contributed by atoms with Crippen molar-refractivity contribution in [3.05, 3.63) is 12.4 Å². The Morgan fingerprint density at radius 2 is 2.25 bits per heavy atom. The molecule has 1 aromatic heterocycles. The van der Waals surface area contributed by atoms with Crippen LogP contribution in [0.5, 0.6) is 0 Å². The van der Waals surface area contributed by atoms with Crippen LogP contribution >= 0.6 is 0 Å². The summed E-state index contributed by atoms with van der Waals surface area (Å²) in [5, 5.41) is 22.3. The zero-order valence-electron chi connectivity index (χ0n) is 11.3. The fourth-order valence-corrected chi connectivity index (χ4v) is 2.64. The number of nitrogens with two attached hydrogens (primary N) is 1. The monoisotopic (exact) mass is 280 g/mol. The largest absolute Gasteiger partial charge is 0.409 e. The smallest absolute Gasteiger partial charge is 0.233 e. The number of carbonyl (C=O) groups is 1. The zero-order chi connectivity index (χ0) is 14.4. The van der Waals surface area contributed by atoms with Gasteiger partial charge in [0.05, 0.1) is 6.20 Å². The van der Waals surface area contributed by atoms with Crippen LogP contribution in [0.25, 0.3) is 0 Å². The van der Waals surface area contributed by atoms with Gasteiger partial charge in [0.2, 0.25) is 5.91 Å². The van der Waals surface area contributed by atoms with Crippen molar-refractivity contribution in [2.24, 2.45) is 16.3 Å². The van der Waals surface area contributed by atoms with E-state index in [4.69, 9.17) is 10.9 Å². The van der Waals surface area contributed by atoms with Crippen molar-refractivity contribution in [3.8, 4) is 0 Å². The van der Waals surface area contributed by atoms with Crippen LogP contribution < -0.4 is 11.1 Å². The normalized spacial score (nSPS) is 18.1. The number of hydrogen-bond acceptors (Lipinski definition) is 5. The molecule has 4 N–H and O–H groups in total. The van der Waals surface area contributed by atoms with Crippen LogP contribution in [-0.2, 0) is 11.3 Å². The number of rotatable bonds is 6. The summed E-state index contributed by atoms with van der Waals surface area (Å²) >= 11 is 0. The number of nitrogens with zero attached hydrogens (tertiary/aromatic N) is 4. The second-order valence-corrected chi connectivity index (χ2v) is 5.05. The van der Waals surface area contributed by atoms with E-state index in [1.165, 1.54) is 0 Å². The van der Waals surface area contributed by atoms with Gasteiger partial charge in [0.1, 0.15) is 5.41 Å². The SMILES string of the molecule is N/C(=N/O)C1(C(=O)NCCCn2ccnn2)CCCC1. The van der Waals surface area contributed by atoms with E-state index in [9.17, 15) is 4.79 Å². The van der Waals surface area contributed by atoms with Crippen molar-refractivity contribution in [1.82, 2.24) is 20.3 Å². The molecule has 1 aliphatic rings. The van der Waals surface area contributed by atoms with Crippen molar-refractivity contribution < 1.29 is 10.0 Å². The van der Waals surface area contributed by atoms with Crippen LogP contribution in [0.4, 0.5) is 0 Å². The molecule has 1 heterocycles. The number of aryl methyl sites for hydroxylation is 1. The maximum atomic E-state index is 12.3. The van der Waals surface area contributed by atoms with E-state index in [2.05, 4.69) is 20.8 Å². The number of amides is 1. The molecule has 2 rings (SSSR count). The standard InChI is InChI=1S/C12H20N6O2/c13-10(16-20)12(4-1-2-5-12)11(19)14-6-3-8-18-9-7-15-17-18/h7,9,20H,1-6,8H2,(H2,13,16)(H,14,19). The number of hydrogen-bond donors (Lipinski definition) is 3. The van der Waals surface area contributed by atoms with Gasteiger partial charge in [0.15, 0.2) is 5.84 Å². The average molecular weight is 280 g/mol. The first-order valence-corrected chi connectivity index (χ1v) is 6.79. The Morgan fingerprint density at radius 3 is 2.85 bits per heavy atom. The topological polar surface area (TPSA) is 118 Å². The third-order valence-electron chi connectivity index (χ3n) is 3.81. The molecule has 0 radical (unpaired) electrons. The van der Waals surface area contributed by atoms with Gasteiger partial charge in [0.25, 0.3) is 0 Å². The summed E-state index contributed by atoms with van der Waals surface area (Å²) in [6.45, 7) is 1.22. The second kappa shape index (κ2) is 6.36. The molecule has 8 nitrogen and oxygen atoms in total. The molecule has 0 saturated heterocycles.